The van der Waals surface area contributed by atoms with E-state index in [4.69, 9.17) is 0 Å². The Morgan fingerprint density at radius 2 is 2.09 bits per heavy atom. The Bertz CT molecular complexity index is 378. The van der Waals surface area contributed by atoms with E-state index in [1.165, 1.54) is 58.2 Å². The van der Waals surface area contributed by atoms with Crippen molar-refractivity contribution in [2.45, 2.75) is 59.3 Å². The molecule has 0 aromatic carbocycles. The Labute approximate surface area is 143 Å². The Morgan fingerprint density at radius 3 is 2.78 bits per heavy atom. The van der Waals surface area contributed by atoms with E-state index in [9.17, 15) is 0 Å². The smallest absolute Gasteiger partial charge is 0.193 e. The van der Waals surface area contributed by atoms with Crippen molar-refractivity contribution in [1.29, 1.82) is 0 Å². The van der Waals surface area contributed by atoms with Gasteiger partial charge in [-0.15, -0.1) is 0 Å². The molecule has 134 valence electrons. The number of piperidine rings is 2. The van der Waals surface area contributed by atoms with Crippen LogP contribution in [0.1, 0.15) is 59.3 Å². The largest absolute Gasteiger partial charge is 0.356 e. The Kier molecular flexibility index (Phi) is 7.19. The van der Waals surface area contributed by atoms with E-state index in [1.807, 2.05) is 7.05 Å². The summed E-state index contributed by atoms with van der Waals surface area (Å²) in [5.74, 6) is 1.90. The first-order valence-corrected chi connectivity index (χ1v) is 9.78. The first-order chi connectivity index (χ1) is 11.1. The predicted molar refractivity (Wildman–Crippen MR) is 100 cm³/mol. The van der Waals surface area contributed by atoms with E-state index in [2.05, 4.69) is 40.9 Å². The van der Waals surface area contributed by atoms with E-state index >= 15 is 0 Å². The second-order valence-corrected chi connectivity index (χ2v) is 7.92. The van der Waals surface area contributed by atoms with Crippen molar-refractivity contribution < 1.29 is 0 Å². The molecule has 23 heavy (non-hydrogen) atoms. The van der Waals surface area contributed by atoms with Crippen LogP contribution >= 0.6 is 0 Å². The van der Waals surface area contributed by atoms with Crippen LogP contribution in [0.2, 0.25) is 0 Å². The fraction of sp³-hybridized carbons (Fsp3) is 0.947. The zero-order valence-corrected chi connectivity index (χ0v) is 15.9. The number of guanidine groups is 1. The lowest BCUT2D eigenvalue weighted by Gasteiger charge is -2.42. The van der Waals surface area contributed by atoms with Gasteiger partial charge in [-0.2, -0.15) is 0 Å². The van der Waals surface area contributed by atoms with Gasteiger partial charge < -0.3 is 15.1 Å². The third-order valence-corrected chi connectivity index (χ3v) is 5.75. The number of rotatable bonds is 5. The van der Waals surface area contributed by atoms with Gasteiger partial charge in [-0.1, -0.05) is 27.2 Å². The van der Waals surface area contributed by atoms with Gasteiger partial charge >= 0.3 is 0 Å². The van der Waals surface area contributed by atoms with Gasteiger partial charge in [0.15, 0.2) is 5.96 Å². The Morgan fingerprint density at radius 1 is 1.26 bits per heavy atom. The molecule has 2 unspecified atom stereocenters. The second-order valence-electron chi connectivity index (χ2n) is 7.92. The van der Waals surface area contributed by atoms with Gasteiger partial charge in [0.1, 0.15) is 0 Å². The number of hydrogen-bond acceptors (Lipinski definition) is 2. The van der Waals surface area contributed by atoms with Crippen LogP contribution in [0.5, 0.6) is 0 Å². The summed E-state index contributed by atoms with van der Waals surface area (Å²) in [5, 5.41) is 3.68. The highest BCUT2D eigenvalue weighted by atomic mass is 15.3. The van der Waals surface area contributed by atoms with Crippen LogP contribution in [-0.4, -0.2) is 62.1 Å². The van der Waals surface area contributed by atoms with E-state index in [1.54, 1.807) is 0 Å². The molecule has 2 rings (SSSR count). The van der Waals surface area contributed by atoms with Crippen molar-refractivity contribution in [2.75, 3.05) is 46.3 Å². The van der Waals surface area contributed by atoms with Crippen LogP contribution < -0.4 is 5.32 Å². The van der Waals surface area contributed by atoms with E-state index in [-0.39, 0.29) is 0 Å². The van der Waals surface area contributed by atoms with Crippen LogP contribution in [0.25, 0.3) is 0 Å². The van der Waals surface area contributed by atoms with Gasteiger partial charge in [-0.3, -0.25) is 4.99 Å². The maximum absolute atomic E-state index is 4.58. The van der Waals surface area contributed by atoms with Crippen molar-refractivity contribution in [3.8, 4) is 0 Å². The number of hydrogen-bond donors (Lipinski definition) is 1. The molecular formula is C19H38N4. The van der Waals surface area contributed by atoms with Crippen LogP contribution in [0.3, 0.4) is 0 Å². The monoisotopic (exact) mass is 322 g/mol. The standard InChI is InChI=1S/C19H38N4/c1-5-10-19(3)11-8-13-23(16-19)18(20-4)21-14-17-9-7-12-22(6-2)15-17/h17H,5-16H2,1-4H3,(H,20,21). The Balaban J connectivity index is 1.85. The zero-order valence-electron chi connectivity index (χ0n) is 15.9. The summed E-state index contributed by atoms with van der Waals surface area (Å²) in [7, 11) is 1.94. The topological polar surface area (TPSA) is 30.9 Å². The molecule has 2 aliphatic heterocycles. The van der Waals surface area contributed by atoms with E-state index in [0.717, 1.165) is 31.5 Å². The van der Waals surface area contributed by atoms with Gasteiger partial charge in [-0.25, -0.2) is 0 Å². The summed E-state index contributed by atoms with van der Waals surface area (Å²) in [5.41, 5.74) is 0.467. The van der Waals surface area contributed by atoms with Crippen LogP contribution in [0.4, 0.5) is 0 Å². The molecule has 2 saturated heterocycles. The molecule has 0 saturated carbocycles. The summed E-state index contributed by atoms with van der Waals surface area (Å²) in [6.07, 6.45) is 7.97. The fourth-order valence-electron chi connectivity index (χ4n) is 4.48. The quantitative estimate of drug-likeness (QED) is 0.623. The summed E-state index contributed by atoms with van der Waals surface area (Å²) < 4.78 is 0. The van der Waals surface area contributed by atoms with Crippen molar-refractivity contribution in [1.82, 2.24) is 15.1 Å². The lowest BCUT2D eigenvalue weighted by atomic mass is 9.78. The molecule has 2 heterocycles. The minimum Gasteiger partial charge on any atom is -0.356 e. The number of likely N-dealkylation sites (tertiary alicyclic amines) is 2. The summed E-state index contributed by atoms with van der Waals surface area (Å²) in [6, 6.07) is 0. The molecule has 0 aromatic rings. The molecule has 0 radical (unpaired) electrons. The number of aliphatic imine (C=N–C) groups is 1. The minimum atomic E-state index is 0.467. The summed E-state index contributed by atoms with van der Waals surface area (Å²) in [4.78, 5) is 9.66. The molecule has 4 heteroatoms. The van der Waals surface area contributed by atoms with Gasteiger partial charge in [0.05, 0.1) is 0 Å². The third-order valence-electron chi connectivity index (χ3n) is 5.75. The van der Waals surface area contributed by atoms with Crippen molar-refractivity contribution in [3.63, 3.8) is 0 Å². The van der Waals surface area contributed by atoms with E-state index in [0.29, 0.717) is 5.41 Å². The molecule has 0 amide bonds. The van der Waals surface area contributed by atoms with Crippen LogP contribution in [0, 0.1) is 11.3 Å². The van der Waals surface area contributed by atoms with Crippen LogP contribution in [0.15, 0.2) is 4.99 Å². The van der Waals surface area contributed by atoms with Crippen molar-refractivity contribution in [2.24, 2.45) is 16.3 Å². The van der Waals surface area contributed by atoms with E-state index < -0.39 is 0 Å². The first-order valence-electron chi connectivity index (χ1n) is 9.78. The highest BCUT2D eigenvalue weighted by Gasteiger charge is 2.31. The summed E-state index contributed by atoms with van der Waals surface area (Å²) >= 11 is 0. The maximum Gasteiger partial charge on any atom is 0.193 e. The lowest BCUT2D eigenvalue weighted by Crippen LogP contribution is -2.51. The molecular weight excluding hydrogens is 284 g/mol. The highest BCUT2D eigenvalue weighted by Crippen LogP contribution is 2.33. The van der Waals surface area contributed by atoms with Gasteiger partial charge in [-0.05, 0) is 56.5 Å². The molecule has 4 nitrogen and oxygen atoms in total. The minimum absolute atomic E-state index is 0.467. The lowest BCUT2D eigenvalue weighted by molar-refractivity contribution is 0.141. The maximum atomic E-state index is 4.58. The Hall–Kier alpha value is -0.770. The average Bonchev–Trinajstić information content (AvgIpc) is 2.55. The fourth-order valence-corrected chi connectivity index (χ4v) is 4.48. The third kappa shape index (κ3) is 5.37. The van der Waals surface area contributed by atoms with Crippen molar-refractivity contribution in [3.05, 3.63) is 0 Å². The number of nitrogens with zero attached hydrogens (tertiary/aromatic N) is 3. The molecule has 2 aliphatic rings. The molecule has 0 aromatic heterocycles. The molecule has 1 N–H and O–H groups in total. The summed E-state index contributed by atoms with van der Waals surface area (Å²) in [6.45, 7) is 14.1. The molecule has 0 bridgehead atoms. The average molecular weight is 323 g/mol. The molecule has 0 spiro atoms. The molecule has 0 aliphatic carbocycles. The highest BCUT2D eigenvalue weighted by molar-refractivity contribution is 5.80. The predicted octanol–water partition coefficient (Wildman–Crippen LogP) is 3.20. The number of nitrogens with one attached hydrogen (secondary N) is 1. The molecule has 2 fully saturated rings. The van der Waals surface area contributed by atoms with Gasteiger partial charge in [0.2, 0.25) is 0 Å². The first kappa shape index (κ1) is 18.6. The zero-order chi connectivity index (χ0) is 16.7. The van der Waals surface area contributed by atoms with Gasteiger partial charge in [0.25, 0.3) is 0 Å². The second kappa shape index (κ2) is 8.91. The van der Waals surface area contributed by atoms with Gasteiger partial charge in [0, 0.05) is 33.2 Å². The normalized spacial score (nSPS) is 30.5. The van der Waals surface area contributed by atoms with Crippen LogP contribution in [-0.2, 0) is 0 Å². The SMILES string of the molecule is CCCC1(C)CCCN(C(=NC)NCC2CCCN(CC)C2)C1. The molecule has 2 atom stereocenters. The van der Waals surface area contributed by atoms with Crippen molar-refractivity contribution >= 4 is 5.96 Å².